The summed E-state index contributed by atoms with van der Waals surface area (Å²) in [6, 6.07) is 10.3. The molecule has 0 saturated carbocycles. The number of rotatable bonds is 47. The van der Waals surface area contributed by atoms with Gasteiger partial charge in [-0.25, -0.2) is 43.9 Å². The van der Waals surface area contributed by atoms with Crippen LogP contribution in [0, 0.1) is 13.8 Å². The molecule has 0 atom stereocenters. The summed E-state index contributed by atoms with van der Waals surface area (Å²) >= 11 is 0. The van der Waals surface area contributed by atoms with E-state index in [4.69, 9.17) is 0 Å². The minimum Gasteiger partial charge on any atom is -0.493 e. The van der Waals surface area contributed by atoms with Gasteiger partial charge in [0.05, 0.1) is 0 Å². The molecule has 0 aliphatic carbocycles. The summed E-state index contributed by atoms with van der Waals surface area (Å²) in [4.78, 5) is 0. The van der Waals surface area contributed by atoms with E-state index in [1.807, 2.05) is 0 Å². The molecular weight excluding hydrogens is 988 g/mol. The first-order valence-electron chi connectivity index (χ1n) is 33.8. The van der Waals surface area contributed by atoms with Gasteiger partial charge in [0, 0.05) is 22.3 Å². The predicted molar refractivity (Wildman–Crippen MR) is 349 cm³/mol. The summed E-state index contributed by atoms with van der Waals surface area (Å²) in [5, 5.41) is 0. The van der Waals surface area contributed by atoms with Crippen molar-refractivity contribution in [2.45, 2.75) is 344 Å². The molecule has 1 aliphatic rings. The van der Waals surface area contributed by atoms with Gasteiger partial charge in [0.2, 0.25) is 11.4 Å². The first-order chi connectivity index (χ1) is 37.8. The number of hydrogen-bond acceptors (Lipinski definition) is 0. The van der Waals surface area contributed by atoms with E-state index in [-0.39, 0.29) is 16.5 Å². The summed E-state index contributed by atoms with van der Waals surface area (Å²) < 4.78 is 1.78. The van der Waals surface area contributed by atoms with Gasteiger partial charge in [-0.3, -0.25) is 0 Å². The van der Waals surface area contributed by atoms with Crippen molar-refractivity contribution in [1.29, 1.82) is 0 Å². The summed E-state index contributed by atoms with van der Waals surface area (Å²) in [6.45, 7) is 31.7. The summed E-state index contributed by atoms with van der Waals surface area (Å²) in [5.41, 5.74) is 30.5. The summed E-state index contributed by atoms with van der Waals surface area (Å²) in [5.74, 6) is 0. The molecule has 0 amide bonds. The number of benzene rings is 2. The van der Waals surface area contributed by atoms with Gasteiger partial charge in [0.25, 0.3) is 0 Å². The molecule has 2 aromatic carbocycles. The van der Waals surface area contributed by atoms with E-state index in [9.17, 15) is 5.53 Å². The average molecular weight is 1120 g/mol. The molecule has 448 valence electrons. The minimum atomic E-state index is 0. The van der Waals surface area contributed by atoms with E-state index < -0.39 is 0 Å². The van der Waals surface area contributed by atoms with Crippen LogP contribution >= 0.6 is 0 Å². The Hall–Kier alpha value is -2.77. The fraction of sp³-hybridized carbons (Fsp3) is 0.707. The SMILES string of the molecule is C=C[CH2-].C=C[CH2-].CCCCCCCCCCCCCCCCCCCCCC1=C(c2cc(CCCC)c(CCCC)c(CCCC)c2)[N+](=[N-])C(c2cc(CCCC)c(CCCC)c(CCCC)c2)=C1CCCCCCCC.[Ni+2]. The van der Waals surface area contributed by atoms with Crippen molar-refractivity contribution in [3.63, 3.8) is 0 Å². The zero-order chi connectivity index (χ0) is 56.6. The van der Waals surface area contributed by atoms with Gasteiger partial charge in [-0.15, -0.1) is 0 Å². The molecule has 0 bridgehead atoms. The number of aryl methyl sites for hydroxylation is 4. The summed E-state index contributed by atoms with van der Waals surface area (Å²) in [6.07, 6.45) is 61.2. The summed E-state index contributed by atoms with van der Waals surface area (Å²) in [7, 11) is 0. The molecule has 3 heteroatoms. The first-order valence-corrected chi connectivity index (χ1v) is 33.8. The molecule has 1 aliphatic heterocycles. The fourth-order valence-electron chi connectivity index (χ4n) is 11.8. The molecule has 0 radical (unpaired) electrons. The Bertz CT molecular complexity index is 1800. The molecule has 0 unspecified atom stereocenters. The van der Waals surface area contributed by atoms with Crippen LogP contribution in [0.1, 0.15) is 350 Å². The van der Waals surface area contributed by atoms with E-state index in [1.54, 1.807) is 38.1 Å². The van der Waals surface area contributed by atoms with Crippen molar-refractivity contribution in [1.82, 2.24) is 0 Å². The van der Waals surface area contributed by atoms with Crippen molar-refractivity contribution in [3.8, 4) is 0 Å². The Morgan fingerprint density at radius 1 is 0.321 bits per heavy atom. The zero-order valence-corrected chi connectivity index (χ0v) is 54.3. The van der Waals surface area contributed by atoms with E-state index in [2.05, 4.69) is 107 Å². The quantitative estimate of drug-likeness (QED) is 0.0273. The van der Waals surface area contributed by atoms with Gasteiger partial charge < -0.3 is 5.53 Å². The van der Waals surface area contributed by atoms with Gasteiger partial charge in [0.15, 0.2) is 0 Å². The van der Waals surface area contributed by atoms with E-state index >= 15 is 0 Å². The maximum absolute atomic E-state index is 13.2. The third-order valence-electron chi connectivity index (χ3n) is 16.3. The van der Waals surface area contributed by atoms with Crippen LogP contribution in [-0.2, 0) is 55.0 Å². The van der Waals surface area contributed by atoms with Crippen molar-refractivity contribution >= 4 is 11.4 Å². The Morgan fingerprint density at radius 2 is 0.513 bits per heavy atom. The molecule has 78 heavy (non-hydrogen) atoms. The van der Waals surface area contributed by atoms with Crippen LogP contribution in [0.2, 0.25) is 0 Å². The van der Waals surface area contributed by atoms with E-state index in [1.165, 1.54) is 285 Å². The van der Waals surface area contributed by atoms with Crippen LogP contribution in [0.25, 0.3) is 16.9 Å². The molecular formula is C75H128N2Ni. The Morgan fingerprint density at radius 3 is 0.731 bits per heavy atom. The van der Waals surface area contributed by atoms with Crippen LogP contribution in [0.4, 0.5) is 0 Å². The molecule has 0 aromatic heterocycles. The average Bonchev–Trinajstić information content (AvgIpc) is 3.72. The molecule has 1 heterocycles. The Kier molecular flexibility index (Phi) is 50.5. The van der Waals surface area contributed by atoms with Gasteiger partial charge in [0.1, 0.15) is 0 Å². The van der Waals surface area contributed by atoms with Crippen molar-refractivity contribution in [2.75, 3.05) is 0 Å². The number of unbranched alkanes of at least 4 members (excludes halogenated alkanes) is 29. The largest absolute Gasteiger partial charge is 2.00 e. The Labute approximate surface area is 498 Å². The maximum atomic E-state index is 13.2. The smallest absolute Gasteiger partial charge is 0.493 e. The van der Waals surface area contributed by atoms with Crippen molar-refractivity contribution in [3.05, 3.63) is 125 Å². The Balaban J connectivity index is 0.00000807. The van der Waals surface area contributed by atoms with Crippen LogP contribution in [0.15, 0.2) is 60.7 Å². The minimum absolute atomic E-state index is 0. The second kappa shape index (κ2) is 52.3. The monoisotopic (exact) mass is 1110 g/mol. The van der Waals surface area contributed by atoms with Gasteiger partial charge in [-0.1, -0.05) is 242 Å². The molecule has 0 saturated heterocycles. The second-order valence-corrected chi connectivity index (χ2v) is 23.3. The molecule has 0 spiro atoms. The van der Waals surface area contributed by atoms with Crippen molar-refractivity contribution in [2.24, 2.45) is 0 Å². The van der Waals surface area contributed by atoms with E-state index in [0.29, 0.717) is 0 Å². The molecule has 3 rings (SSSR count). The molecule has 2 aromatic rings. The first kappa shape index (κ1) is 75.2. The number of allylic oxidation sites excluding steroid dienone is 4. The second-order valence-electron chi connectivity index (χ2n) is 23.3. The predicted octanol–water partition coefficient (Wildman–Crippen LogP) is 25.5. The van der Waals surface area contributed by atoms with Crippen molar-refractivity contribution < 1.29 is 21.2 Å². The third kappa shape index (κ3) is 31.4. The number of hydrogen-bond donors (Lipinski definition) is 0. The molecule has 2 nitrogen and oxygen atoms in total. The fourth-order valence-corrected chi connectivity index (χ4v) is 11.8. The van der Waals surface area contributed by atoms with Gasteiger partial charge in [-0.2, -0.15) is 0 Å². The standard InChI is InChI=1S/C69H118N2.2C3H5.Ni/c1-9-17-25-27-29-30-31-32-33-34-35-36-37-38-39-40-41-43-45-53-67-66(52-44-42-28-26-18-10-2)68(62-54-58(46-19-11-3)64(50-23-15-7)59(55-62)47-20-12-4)71(70)69(67)63-56-60(48-21-13-5)65(51-24-16-8)61(57-63)49-22-14-6;2*1-3-2;/h54-57H,9-53H2,1-8H3;2*3H,1-2H2;/q;2*-1;+2. The zero-order valence-electron chi connectivity index (χ0n) is 53.3. The number of nitrogens with zero attached hydrogens (tertiary/aromatic N) is 2. The maximum Gasteiger partial charge on any atom is 2.00 e. The van der Waals surface area contributed by atoms with Gasteiger partial charge >= 0.3 is 16.5 Å². The molecule has 0 N–H and O–H groups in total. The van der Waals surface area contributed by atoms with E-state index in [0.717, 1.165) is 49.9 Å². The molecule has 0 fully saturated rings. The van der Waals surface area contributed by atoms with Gasteiger partial charge in [-0.05, 0) is 160 Å². The van der Waals surface area contributed by atoms with Crippen LogP contribution in [0.5, 0.6) is 0 Å². The third-order valence-corrected chi connectivity index (χ3v) is 16.3. The van der Waals surface area contributed by atoms with Crippen LogP contribution in [0.3, 0.4) is 0 Å². The normalized spacial score (nSPS) is 12.1. The van der Waals surface area contributed by atoms with Crippen LogP contribution in [-0.4, -0.2) is 4.70 Å². The van der Waals surface area contributed by atoms with Crippen LogP contribution < -0.4 is 0 Å². The topological polar surface area (TPSA) is 25.3 Å².